The average molecular weight is 913 g/mol. The van der Waals surface area contributed by atoms with Crippen molar-refractivity contribution in [3.8, 4) is 0 Å². The SMILES string of the molecule is CC/C=C\C/C=C\C/C=C\C/C=C\C/C=C\C/C=C\CCCCCCC(=O)OCC(COC(=O)CCCCCCCCCCCC)OC(=O)CCCC/C=C\C/C=C\C/C=C\C/C=C\CC. The third kappa shape index (κ3) is 50.8. The third-order valence-corrected chi connectivity index (χ3v) is 10.7. The Balaban J connectivity index is 4.44. The van der Waals surface area contributed by atoms with E-state index in [1.54, 1.807) is 0 Å². The van der Waals surface area contributed by atoms with Crippen LogP contribution in [-0.4, -0.2) is 37.2 Å². The molecule has 0 bridgehead atoms. The fraction of sp³-hybridized carbons (Fsp3) is 0.617. The fourth-order valence-electron chi connectivity index (χ4n) is 6.79. The summed E-state index contributed by atoms with van der Waals surface area (Å²) < 4.78 is 16.7. The highest BCUT2D eigenvalue weighted by Gasteiger charge is 2.19. The first-order valence-corrected chi connectivity index (χ1v) is 26.5. The Morgan fingerprint density at radius 1 is 0.318 bits per heavy atom. The molecule has 0 aliphatic rings. The van der Waals surface area contributed by atoms with Gasteiger partial charge < -0.3 is 14.2 Å². The summed E-state index contributed by atoms with van der Waals surface area (Å²) in [7, 11) is 0. The molecule has 372 valence electrons. The van der Waals surface area contributed by atoms with Crippen molar-refractivity contribution in [2.75, 3.05) is 13.2 Å². The van der Waals surface area contributed by atoms with Gasteiger partial charge in [-0.25, -0.2) is 0 Å². The summed E-state index contributed by atoms with van der Waals surface area (Å²) in [4.78, 5) is 38.0. The standard InChI is InChI=1S/C60H96O6/c1-4-7-10-13-16-19-22-24-26-27-28-29-30-31-32-33-35-36-38-41-44-47-50-53-59(62)65-56-57(55-64-58(61)52-49-46-43-40-21-18-15-12-9-6-3)66-60(63)54-51-48-45-42-39-37-34-25-23-20-17-14-11-8-5-2/h7-8,10-11,16-17,19-20,24-26,28-29,31-32,34-36,39,42,57H,4-6,9,12-15,18,21-23,27,30,33,37-38,40-41,43-56H2,1-3H3/b10-7-,11-8-,19-16-,20-17-,26-24-,29-28-,32-31-,34-25-,36-35-,42-39-. The van der Waals surface area contributed by atoms with E-state index in [4.69, 9.17) is 14.2 Å². The maximum atomic E-state index is 12.8. The average Bonchev–Trinajstić information content (AvgIpc) is 3.31. The zero-order chi connectivity index (χ0) is 47.9. The number of hydrogen-bond donors (Lipinski definition) is 0. The lowest BCUT2D eigenvalue weighted by atomic mass is 10.1. The van der Waals surface area contributed by atoms with Gasteiger partial charge in [-0.3, -0.25) is 14.4 Å². The highest BCUT2D eigenvalue weighted by molar-refractivity contribution is 5.71. The van der Waals surface area contributed by atoms with Gasteiger partial charge in [-0.2, -0.15) is 0 Å². The van der Waals surface area contributed by atoms with Gasteiger partial charge in [0.2, 0.25) is 0 Å². The molecule has 0 fully saturated rings. The minimum absolute atomic E-state index is 0.105. The molecule has 0 aromatic rings. The number of esters is 3. The van der Waals surface area contributed by atoms with Crippen molar-refractivity contribution in [2.45, 2.75) is 226 Å². The highest BCUT2D eigenvalue weighted by atomic mass is 16.6. The van der Waals surface area contributed by atoms with Gasteiger partial charge in [-0.15, -0.1) is 0 Å². The minimum Gasteiger partial charge on any atom is -0.462 e. The molecule has 6 heteroatoms. The topological polar surface area (TPSA) is 78.9 Å². The van der Waals surface area contributed by atoms with E-state index in [0.29, 0.717) is 19.3 Å². The van der Waals surface area contributed by atoms with E-state index in [-0.39, 0.29) is 37.5 Å². The van der Waals surface area contributed by atoms with Gasteiger partial charge in [0.25, 0.3) is 0 Å². The van der Waals surface area contributed by atoms with Gasteiger partial charge in [0.15, 0.2) is 6.10 Å². The number of carbonyl (C=O) groups is 3. The van der Waals surface area contributed by atoms with Crippen LogP contribution in [0.4, 0.5) is 0 Å². The molecule has 6 nitrogen and oxygen atoms in total. The van der Waals surface area contributed by atoms with Crippen molar-refractivity contribution in [1.29, 1.82) is 0 Å². The largest absolute Gasteiger partial charge is 0.462 e. The Kier molecular flexibility index (Phi) is 50.0. The molecule has 0 amide bonds. The van der Waals surface area contributed by atoms with E-state index in [1.165, 1.54) is 44.9 Å². The van der Waals surface area contributed by atoms with Crippen LogP contribution in [0.2, 0.25) is 0 Å². The second-order valence-corrected chi connectivity index (χ2v) is 17.0. The van der Waals surface area contributed by atoms with Gasteiger partial charge >= 0.3 is 17.9 Å². The first-order chi connectivity index (χ1) is 32.5. The normalized spacial score (nSPS) is 13.1. The second kappa shape index (κ2) is 53.4. The maximum absolute atomic E-state index is 12.8. The molecule has 0 radical (unpaired) electrons. The zero-order valence-corrected chi connectivity index (χ0v) is 42.4. The Hall–Kier alpha value is -4.19. The van der Waals surface area contributed by atoms with E-state index in [0.717, 1.165) is 128 Å². The molecule has 0 heterocycles. The first-order valence-electron chi connectivity index (χ1n) is 26.5. The van der Waals surface area contributed by atoms with E-state index in [2.05, 4.69) is 142 Å². The first kappa shape index (κ1) is 61.8. The summed E-state index contributed by atoms with van der Waals surface area (Å²) >= 11 is 0. The molecule has 0 aliphatic carbocycles. The molecule has 0 aromatic heterocycles. The van der Waals surface area contributed by atoms with Crippen molar-refractivity contribution in [2.24, 2.45) is 0 Å². The quantitative estimate of drug-likeness (QED) is 0.0262. The van der Waals surface area contributed by atoms with Crippen LogP contribution >= 0.6 is 0 Å². The fourth-order valence-corrected chi connectivity index (χ4v) is 6.79. The van der Waals surface area contributed by atoms with E-state index < -0.39 is 6.10 Å². The minimum atomic E-state index is -0.811. The number of rotatable bonds is 46. The Morgan fingerprint density at radius 3 is 0.955 bits per heavy atom. The van der Waals surface area contributed by atoms with Crippen LogP contribution in [0.3, 0.4) is 0 Å². The van der Waals surface area contributed by atoms with Crippen molar-refractivity contribution in [1.82, 2.24) is 0 Å². The lowest BCUT2D eigenvalue weighted by Crippen LogP contribution is -2.30. The van der Waals surface area contributed by atoms with Crippen LogP contribution in [0.25, 0.3) is 0 Å². The summed E-state index contributed by atoms with van der Waals surface area (Å²) in [6.45, 7) is 6.32. The summed E-state index contributed by atoms with van der Waals surface area (Å²) in [6.07, 6.45) is 73.3. The highest BCUT2D eigenvalue weighted by Crippen LogP contribution is 2.13. The van der Waals surface area contributed by atoms with Crippen molar-refractivity contribution < 1.29 is 28.6 Å². The molecule has 0 aromatic carbocycles. The third-order valence-electron chi connectivity index (χ3n) is 10.7. The summed E-state index contributed by atoms with van der Waals surface area (Å²) in [6, 6.07) is 0. The van der Waals surface area contributed by atoms with Crippen molar-refractivity contribution in [3.05, 3.63) is 122 Å². The summed E-state index contributed by atoms with van der Waals surface area (Å²) in [5.41, 5.74) is 0. The predicted octanol–water partition coefficient (Wildman–Crippen LogP) is 17.7. The van der Waals surface area contributed by atoms with Gasteiger partial charge in [-0.05, 0) is 109 Å². The van der Waals surface area contributed by atoms with Crippen LogP contribution in [0, 0.1) is 0 Å². The molecule has 66 heavy (non-hydrogen) atoms. The number of carbonyl (C=O) groups excluding carboxylic acids is 3. The Morgan fingerprint density at radius 2 is 0.591 bits per heavy atom. The van der Waals surface area contributed by atoms with Crippen molar-refractivity contribution in [3.63, 3.8) is 0 Å². The number of unbranched alkanes of at least 4 members (excludes halogenated alkanes) is 15. The summed E-state index contributed by atoms with van der Waals surface area (Å²) in [5, 5.41) is 0. The van der Waals surface area contributed by atoms with Crippen LogP contribution in [0.5, 0.6) is 0 Å². The molecule has 1 unspecified atom stereocenters. The van der Waals surface area contributed by atoms with Gasteiger partial charge in [0, 0.05) is 19.3 Å². The molecule has 0 aliphatic heterocycles. The summed E-state index contributed by atoms with van der Waals surface area (Å²) in [5.74, 6) is -0.981. The van der Waals surface area contributed by atoms with E-state index in [9.17, 15) is 14.4 Å². The molecular formula is C60H96O6. The van der Waals surface area contributed by atoms with Gasteiger partial charge in [0.05, 0.1) is 0 Å². The Bertz CT molecular complexity index is 1420. The number of hydrogen-bond acceptors (Lipinski definition) is 6. The van der Waals surface area contributed by atoms with Gasteiger partial charge in [-0.1, -0.05) is 213 Å². The lowest BCUT2D eigenvalue weighted by Gasteiger charge is -2.18. The number of ether oxygens (including phenoxy) is 3. The lowest BCUT2D eigenvalue weighted by molar-refractivity contribution is -0.167. The van der Waals surface area contributed by atoms with Crippen molar-refractivity contribution >= 4 is 17.9 Å². The van der Waals surface area contributed by atoms with Gasteiger partial charge in [0.1, 0.15) is 13.2 Å². The van der Waals surface area contributed by atoms with E-state index >= 15 is 0 Å². The van der Waals surface area contributed by atoms with E-state index in [1.807, 2.05) is 0 Å². The molecule has 0 saturated heterocycles. The predicted molar refractivity (Wildman–Crippen MR) is 283 cm³/mol. The molecule has 1 atom stereocenters. The molecule has 0 saturated carbocycles. The molecule has 0 N–H and O–H groups in total. The molecule has 0 rings (SSSR count). The van der Waals surface area contributed by atoms with Crippen LogP contribution in [-0.2, 0) is 28.6 Å². The second-order valence-electron chi connectivity index (χ2n) is 17.0. The van der Waals surface area contributed by atoms with Crippen LogP contribution in [0.1, 0.15) is 220 Å². The van der Waals surface area contributed by atoms with Crippen LogP contribution in [0.15, 0.2) is 122 Å². The smallest absolute Gasteiger partial charge is 0.306 e. The molecule has 0 spiro atoms. The monoisotopic (exact) mass is 913 g/mol. The van der Waals surface area contributed by atoms with Crippen LogP contribution < -0.4 is 0 Å². The molecular weight excluding hydrogens is 817 g/mol. The number of allylic oxidation sites excluding steroid dienone is 20. The zero-order valence-electron chi connectivity index (χ0n) is 42.4. The Labute approximate surface area is 405 Å². The maximum Gasteiger partial charge on any atom is 0.306 e.